The molecule has 2 N–H and O–H groups in total. The minimum atomic E-state index is -0.702. The normalized spacial score (nSPS) is 10.6. The molecule has 28 heavy (non-hydrogen) atoms. The SMILES string of the molecule is CCN(CC)c1ccc(Nc2cc(C)nc(Nc3c(F)cccc3F)n2)cc1. The largest absolute Gasteiger partial charge is 0.372 e. The standard InChI is InChI=1S/C21H23F2N5/c1-4-28(5-2)16-11-9-15(10-12-16)25-19-13-14(3)24-21(26-19)27-20-17(22)7-6-8-18(20)23/h6-13H,4-5H2,1-3H3,(H2,24,25,26,27). The third-order valence-electron chi connectivity index (χ3n) is 4.32. The van der Waals surface area contributed by atoms with Gasteiger partial charge in [0.2, 0.25) is 5.95 Å². The first-order valence-electron chi connectivity index (χ1n) is 9.19. The molecule has 0 saturated heterocycles. The maximum Gasteiger partial charge on any atom is 0.229 e. The van der Waals surface area contributed by atoms with Crippen LogP contribution in [0.5, 0.6) is 0 Å². The number of para-hydroxylation sites is 1. The second kappa shape index (κ2) is 8.65. The van der Waals surface area contributed by atoms with E-state index in [1.54, 1.807) is 13.0 Å². The van der Waals surface area contributed by atoms with E-state index in [1.165, 1.54) is 18.2 Å². The Bertz CT molecular complexity index is 920. The fourth-order valence-electron chi connectivity index (χ4n) is 2.91. The summed E-state index contributed by atoms with van der Waals surface area (Å²) in [5.41, 5.74) is 2.39. The fourth-order valence-corrected chi connectivity index (χ4v) is 2.91. The van der Waals surface area contributed by atoms with Gasteiger partial charge in [-0.05, 0) is 57.2 Å². The second-order valence-electron chi connectivity index (χ2n) is 6.28. The highest BCUT2D eigenvalue weighted by molar-refractivity contribution is 5.63. The predicted octanol–water partition coefficient (Wildman–Crippen LogP) is 5.40. The molecule has 0 bridgehead atoms. The molecular weight excluding hydrogens is 360 g/mol. The van der Waals surface area contributed by atoms with Gasteiger partial charge in [0.15, 0.2) is 0 Å². The summed E-state index contributed by atoms with van der Waals surface area (Å²) >= 11 is 0. The number of hydrogen-bond acceptors (Lipinski definition) is 5. The smallest absolute Gasteiger partial charge is 0.229 e. The summed E-state index contributed by atoms with van der Waals surface area (Å²) in [6.07, 6.45) is 0. The van der Waals surface area contributed by atoms with E-state index in [-0.39, 0.29) is 11.6 Å². The topological polar surface area (TPSA) is 53.1 Å². The lowest BCUT2D eigenvalue weighted by Crippen LogP contribution is -2.21. The van der Waals surface area contributed by atoms with Crippen molar-refractivity contribution in [2.24, 2.45) is 0 Å². The maximum absolute atomic E-state index is 13.9. The van der Waals surface area contributed by atoms with E-state index in [2.05, 4.69) is 39.3 Å². The molecule has 0 aliphatic rings. The maximum atomic E-state index is 13.9. The van der Waals surface area contributed by atoms with Crippen LogP contribution >= 0.6 is 0 Å². The monoisotopic (exact) mass is 383 g/mol. The van der Waals surface area contributed by atoms with Gasteiger partial charge in [0.05, 0.1) is 0 Å². The molecule has 3 rings (SSSR count). The zero-order valence-corrected chi connectivity index (χ0v) is 16.1. The molecule has 0 spiro atoms. The average Bonchev–Trinajstić information content (AvgIpc) is 2.67. The first-order chi connectivity index (χ1) is 13.5. The molecule has 0 saturated carbocycles. The molecule has 0 radical (unpaired) electrons. The fraction of sp³-hybridized carbons (Fsp3) is 0.238. The Morgan fingerprint density at radius 3 is 2.14 bits per heavy atom. The van der Waals surface area contributed by atoms with Crippen LogP contribution < -0.4 is 15.5 Å². The van der Waals surface area contributed by atoms with Gasteiger partial charge in [0.1, 0.15) is 23.1 Å². The Morgan fingerprint density at radius 2 is 1.54 bits per heavy atom. The van der Waals surface area contributed by atoms with Crippen molar-refractivity contribution in [3.63, 3.8) is 0 Å². The summed E-state index contributed by atoms with van der Waals surface area (Å²) in [6.45, 7) is 7.91. The van der Waals surface area contributed by atoms with Crippen molar-refractivity contribution >= 4 is 28.8 Å². The van der Waals surface area contributed by atoms with E-state index in [4.69, 9.17) is 0 Å². The van der Waals surface area contributed by atoms with E-state index in [0.717, 1.165) is 24.5 Å². The van der Waals surface area contributed by atoms with Gasteiger partial charge in [0, 0.05) is 36.2 Å². The first-order valence-corrected chi connectivity index (χ1v) is 9.19. The predicted molar refractivity (Wildman–Crippen MR) is 110 cm³/mol. The van der Waals surface area contributed by atoms with Crippen molar-refractivity contribution in [3.8, 4) is 0 Å². The quantitative estimate of drug-likeness (QED) is 0.572. The molecule has 0 fully saturated rings. The number of nitrogens with one attached hydrogen (secondary N) is 2. The Kier molecular flexibility index (Phi) is 6.03. The molecule has 1 aromatic heterocycles. The van der Waals surface area contributed by atoms with Gasteiger partial charge < -0.3 is 15.5 Å². The molecule has 0 aliphatic carbocycles. The highest BCUT2D eigenvalue weighted by Gasteiger charge is 2.11. The Hall–Kier alpha value is -3.22. The Balaban J connectivity index is 1.80. The van der Waals surface area contributed by atoms with Gasteiger partial charge in [0.25, 0.3) is 0 Å². The van der Waals surface area contributed by atoms with Crippen LogP contribution in [-0.2, 0) is 0 Å². The zero-order valence-electron chi connectivity index (χ0n) is 16.1. The molecular formula is C21H23F2N5. The lowest BCUT2D eigenvalue weighted by Gasteiger charge is -2.21. The molecule has 3 aromatic rings. The van der Waals surface area contributed by atoms with Crippen LogP contribution in [0.25, 0.3) is 0 Å². The van der Waals surface area contributed by atoms with E-state index >= 15 is 0 Å². The summed E-state index contributed by atoms with van der Waals surface area (Å²) < 4.78 is 27.7. The molecule has 1 heterocycles. The third-order valence-corrected chi connectivity index (χ3v) is 4.32. The van der Waals surface area contributed by atoms with Crippen molar-refractivity contribution in [1.29, 1.82) is 0 Å². The number of benzene rings is 2. The van der Waals surface area contributed by atoms with Crippen LogP contribution in [0.4, 0.5) is 37.6 Å². The van der Waals surface area contributed by atoms with Crippen LogP contribution in [0.2, 0.25) is 0 Å². The average molecular weight is 383 g/mol. The molecule has 0 unspecified atom stereocenters. The van der Waals surface area contributed by atoms with Gasteiger partial charge >= 0.3 is 0 Å². The van der Waals surface area contributed by atoms with Crippen molar-refractivity contribution in [2.45, 2.75) is 20.8 Å². The van der Waals surface area contributed by atoms with Crippen LogP contribution in [0, 0.1) is 18.6 Å². The summed E-state index contributed by atoms with van der Waals surface area (Å²) in [5, 5.41) is 5.83. The summed E-state index contributed by atoms with van der Waals surface area (Å²) in [4.78, 5) is 10.8. The third kappa shape index (κ3) is 4.54. The number of nitrogens with zero attached hydrogens (tertiary/aromatic N) is 3. The van der Waals surface area contributed by atoms with Crippen LogP contribution in [0.15, 0.2) is 48.5 Å². The minimum Gasteiger partial charge on any atom is -0.372 e. The highest BCUT2D eigenvalue weighted by Crippen LogP contribution is 2.24. The number of aromatic nitrogens is 2. The highest BCUT2D eigenvalue weighted by atomic mass is 19.1. The van der Waals surface area contributed by atoms with Gasteiger partial charge in [-0.25, -0.2) is 13.8 Å². The summed E-state index contributed by atoms with van der Waals surface area (Å²) in [5.74, 6) is -0.758. The molecule has 146 valence electrons. The molecule has 0 atom stereocenters. The van der Waals surface area contributed by atoms with Crippen molar-refractivity contribution in [2.75, 3.05) is 28.6 Å². The molecule has 0 amide bonds. The van der Waals surface area contributed by atoms with E-state index in [1.807, 2.05) is 24.3 Å². The van der Waals surface area contributed by atoms with Crippen molar-refractivity contribution < 1.29 is 8.78 Å². The molecule has 7 heteroatoms. The Morgan fingerprint density at radius 1 is 0.893 bits per heavy atom. The number of halogens is 2. The molecule has 2 aromatic carbocycles. The summed E-state index contributed by atoms with van der Waals surface area (Å²) in [7, 11) is 0. The molecule has 5 nitrogen and oxygen atoms in total. The van der Waals surface area contributed by atoms with Crippen molar-refractivity contribution in [1.82, 2.24) is 9.97 Å². The van der Waals surface area contributed by atoms with Gasteiger partial charge in [-0.15, -0.1) is 0 Å². The lowest BCUT2D eigenvalue weighted by molar-refractivity contribution is 0.590. The second-order valence-corrected chi connectivity index (χ2v) is 6.28. The summed E-state index contributed by atoms with van der Waals surface area (Å²) in [6, 6.07) is 13.4. The first kappa shape index (κ1) is 19.5. The van der Waals surface area contributed by atoms with Gasteiger partial charge in [-0.3, -0.25) is 0 Å². The molecule has 0 aliphatic heterocycles. The minimum absolute atomic E-state index is 0.117. The van der Waals surface area contributed by atoms with E-state index < -0.39 is 11.6 Å². The van der Waals surface area contributed by atoms with Gasteiger partial charge in [-0.2, -0.15) is 4.98 Å². The Labute approximate surface area is 163 Å². The van der Waals surface area contributed by atoms with Crippen molar-refractivity contribution in [3.05, 3.63) is 65.9 Å². The number of aryl methyl sites for hydroxylation is 1. The number of anilines is 5. The number of rotatable bonds is 7. The zero-order chi connectivity index (χ0) is 20.1. The van der Waals surface area contributed by atoms with E-state index in [9.17, 15) is 8.78 Å². The van der Waals surface area contributed by atoms with Crippen LogP contribution in [-0.4, -0.2) is 23.1 Å². The van der Waals surface area contributed by atoms with Crippen LogP contribution in [0.3, 0.4) is 0 Å². The van der Waals surface area contributed by atoms with E-state index in [0.29, 0.717) is 11.5 Å². The number of hydrogen-bond donors (Lipinski definition) is 2. The van der Waals surface area contributed by atoms with Gasteiger partial charge in [-0.1, -0.05) is 6.07 Å². The lowest BCUT2D eigenvalue weighted by atomic mass is 10.2. The van der Waals surface area contributed by atoms with Crippen LogP contribution in [0.1, 0.15) is 19.5 Å².